The first kappa shape index (κ1) is 24.4. The highest BCUT2D eigenvalue weighted by molar-refractivity contribution is 14.0. The summed E-state index contributed by atoms with van der Waals surface area (Å²) >= 11 is 2.01. The number of benzene rings is 1. The summed E-state index contributed by atoms with van der Waals surface area (Å²) in [7, 11) is 5.35. The lowest BCUT2D eigenvalue weighted by molar-refractivity contribution is 0.282. The Hall–Kier alpha value is -0.610. The fourth-order valence-corrected chi connectivity index (χ4v) is 4.55. The van der Waals surface area contributed by atoms with Crippen molar-refractivity contribution in [1.29, 1.82) is 0 Å². The number of nitrogens with one attached hydrogen (secondary N) is 2. The maximum absolute atomic E-state index is 14.2. The number of likely N-dealkylation sites (N-methyl/N-ethyl adjacent to an activating group) is 1. The molecule has 1 aromatic rings. The second-order valence-corrected chi connectivity index (χ2v) is 8.38. The molecule has 0 radical (unpaired) electrons. The summed E-state index contributed by atoms with van der Waals surface area (Å²) in [4.78, 5) is 6.08. The minimum Gasteiger partial charge on any atom is -0.354 e. The zero-order chi connectivity index (χ0) is 19.1. The monoisotopic (exact) mass is 512 g/mol. The van der Waals surface area contributed by atoms with Crippen LogP contribution in [0.2, 0.25) is 0 Å². The highest BCUT2D eigenvalue weighted by atomic mass is 127. The molecule has 0 heterocycles. The Morgan fingerprint density at radius 1 is 1.30 bits per heavy atom. The van der Waals surface area contributed by atoms with Gasteiger partial charge >= 0.3 is 0 Å². The molecule has 3 unspecified atom stereocenters. The van der Waals surface area contributed by atoms with E-state index in [1.165, 1.54) is 24.6 Å². The quantitative estimate of drug-likeness (QED) is 0.329. The number of hydrogen-bond donors (Lipinski definition) is 2. The molecular formula is C19H31F2IN4S. The van der Waals surface area contributed by atoms with Crippen molar-refractivity contribution in [2.45, 2.75) is 43.5 Å². The van der Waals surface area contributed by atoms with Crippen LogP contribution < -0.4 is 10.6 Å². The van der Waals surface area contributed by atoms with Gasteiger partial charge < -0.3 is 15.5 Å². The molecule has 2 N–H and O–H groups in total. The van der Waals surface area contributed by atoms with Crippen LogP contribution in [0.15, 0.2) is 23.2 Å². The fraction of sp³-hybridized carbons (Fsp3) is 0.632. The Balaban J connectivity index is 0.00000364. The van der Waals surface area contributed by atoms with Gasteiger partial charge in [0.1, 0.15) is 11.6 Å². The van der Waals surface area contributed by atoms with E-state index in [0.29, 0.717) is 23.8 Å². The Morgan fingerprint density at radius 3 is 2.52 bits per heavy atom. The third-order valence-corrected chi connectivity index (χ3v) is 6.00. The Bertz CT molecular complexity index is 595. The molecular weight excluding hydrogens is 481 g/mol. The summed E-state index contributed by atoms with van der Waals surface area (Å²) in [5.41, 5.74) is 0.0840. The van der Waals surface area contributed by atoms with Crippen LogP contribution in [-0.4, -0.2) is 55.6 Å². The molecule has 1 fully saturated rings. The molecule has 0 bridgehead atoms. The van der Waals surface area contributed by atoms with E-state index < -0.39 is 17.7 Å². The molecule has 8 heteroatoms. The topological polar surface area (TPSA) is 39.7 Å². The smallest absolute Gasteiger partial charge is 0.191 e. The van der Waals surface area contributed by atoms with E-state index in [9.17, 15) is 8.78 Å². The van der Waals surface area contributed by atoms with E-state index in [4.69, 9.17) is 0 Å². The standard InChI is InChI=1S/C19H30F2N4S.HI/c1-5-26-14-10-9-13(11-14)24-19(22-2)23-12-17(25(3)4)18-15(20)7-6-8-16(18)21;/h6-8,13-14,17H,5,9-12H2,1-4H3,(H2,22,23,24);1H. The highest BCUT2D eigenvalue weighted by Crippen LogP contribution is 2.29. The third kappa shape index (κ3) is 7.05. The Labute approximate surface area is 183 Å². The van der Waals surface area contributed by atoms with Gasteiger partial charge in [0, 0.05) is 30.4 Å². The molecule has 27 heavy (non-hydrogen) atoms. The summed E-state index contributed by atoms with van der Waals surface area (Å²) in [6, 6.07) is 3.95. The van der Waals surface area contributed by atoms with E-state index in [1.54, 1.807) is 7.05 Å². The summed E-state index contributed by atoms with van der Waals surface area (Å²) < 4.78 is 28.3. The average molecular weight is 512 g/mol. The van der Waals surface area contributed by atoms with Gasteiger partial charge in [-0.3, -0.25) is 4.99 Å². The summed E-state index contributed by atoms with van der Waals surface area (Å²) in [6.07, 6.45) is 3.46. The number of nitrogens with zero attached hydrogens (tertiary/aromatic N) is 2. The number of guanidine groups is 1. The summed E-state index contributed by atoms with van der Waals surface area (Å²) in [5, 5.41) is 7.39. The number of hydrogen-bond acceptors (Lipinski definition) is 3. The zero-order valence-electron chi connectivity index (χ0n) is 16.5. The maximum atomic E-state index is 14.2. The van der Waals surface area contributed by atoms with Crippen LogP contribution in [-0.2, 0) is 0 Å². The second-order valence-electron chi connectivity index (χ2n) is 6.80. The van der Waals surface area contributed by atoms with Gasteiger partial charge in [-0.1, -0.05) is 13.0 Å². The van der Waals surface area contributed by atoms with Crippen molar-refractivity contribution in [3.8, 4) is 0 Å². The molecule has 1 aliphatic rings. The first-order valence-corrected chi connectivity index (χ1v) is 10.2. The van der Waals surface area contributed by atoms with Gasteiger partial charge in [0.05, 0.1) is 6.04 Å². The molecule has 3 atom stereocenters. The van der Waals surface area contributed by atoms with Crippen molar-refractivity contribution in [3.05, 3.63) is 35.4 Å². The van der Waals surface area contributed by atoms with Gasteiger partial charge in [0.25, 0.3) is 0 Å². The molecule has 1 saturated carbocycles. The molecule has 0 amide bonds. The van der Waals surface area contributed by atoms with Gasteiger partial charge in [-0.2, -0.15) is 11.8 Å². The molecule has 0 saturated heterocycles. The average Bonchev–Trinajstić information content (AvgIpc) is 3.03. The molecule has 4 nitrogen and oxygen atoms in total. The van der Waals surface area contributed by atoms with E-state index in [-0.39, 0.29) is 29.5 Å². The largest absolute Gasteiger partial charge is 0.354 e. The summed E-state index contributed by atoms with van der Waals surface area (Å²) in [5.74, 6) is 0.774. The Kier molecular flexibility index (Phi) is 10.9. The van der Waals surface area contributed by atoms with Gasteiger partial charge in [-0.25, -0.2) is 8.78 Å². The number of rotatable bonds is 7. The van der Waals surface area contributed by atoms with Gasteiger partial charge in [-0.05, 0) is 51.2 Å². The zero-order valence-corrected chi connectivity index (χ0v) is 19.6. The lowest BCUT2D eigenvalue weighted by Crippen LogP contribution is -2.45. The van der Waals surface area contributed by atoms with Crippen LogP contribution in [0.3, 0.4) is 0 Å². The normalized spacial score (nSPS) is 21.1. The Morgan fingerprint density at radius 2 is 1.96 bits per heavy atom. The number of halogens is 3. The predicted octanol–water partition coefficient (Wildman–Crippen LogP) is 4.02. The molecule has 0 aliphatic heterocycles. The van der Waals surface area contributed by atoms with Crippen LogP contribution in [0.4, 0.5) is 8.78 Å². The van der Waals surface area contributed by atoms with E-state index in [2.05, 4.69) is 22.5 Å². The first-order chi connectivity index (χ1) is 12.5. The SMILES string of the molecule is CCSC1CCC(NC(=NC)NCC(c2c(F)cccc2F)N(C)C)C1.I. The van der Waals surface area contributed by atoms with Crippen molar-refractivity contribution in [2.75, 3.05) is 33.4 Å². The fourth-order valence-electron chi connectivity index (χ4n) is 3.41. The maximum Gasteiger partial charge on any atom is 0.191 e. The molecule has 1 aromatic carbocycles. The lowest BCUT2D eigenvalue weighted by atomic mass is 10.0. The van der Waals surface area contributed by atoms with Crippen molar-refractivity contribution in [3.63, 3.8) is 0 Å². The molecule has 1 aliphatic carbocycles. The van der Waals surface area contributed by atoms with Crippen LogP contribution in [0.25, 0.3) is 0 Å². The van der Waals surface area contributed by atoms with E-state index >= 15 is 0 Å². The third-order valence-electron chi connectivity index (χ3n) is 4.77. The molecule has 0 spiro atoms. The molecule has 154 valence electrons. The lowest BCUT2D eigenvalue weighted by Gasteiger charge is -2.27. The van der Waals surface area contributed by atoms with Crippen LogP contribution in [0, 0.1) is 11.6 Å². The minimum atomic E-state index is -0.524. The van der Waals surface area contributed by atoms with Gasteiger partial charge in [0.15, 0.2) is 5.96 Å². The van der Waals surface area contributed by atoms with Gasteiger partial charge in [-0.15, -0.1) is 24.0 Å². The van der Waals surface area contributed by atoms with Crippen molar-refractivity contribution in [2.24, 2.45) is 4.99 Å². The van der Waals surface area contributed by atoms with Crippen molar-refractivity contribution < 1.29 is 8.78 Å². The number of thioether (sulfide) groups is 1. The van der Waals surface area contributed by atoms with Gasteiger partial charge in [0.2, 0.25) is 0 Å². The minimum absolute atomic E-state index is 0. The van der Waals surface area contributed by atoms with Crippen LogP contribution >= 0.6 is 35.7 Å². The number of aliphatic imine (C=N–C) groups is 1. The molecule has 2 rings (SSSR count). The van der Waals surface area contributed by atoms with E-state index in [0.717, 1.165) is 18.6 Å². The second kappa shape index (κ2) is 12.1. The summed E-state index contributed by atoms with van der Waals surface area (Å²) in [6.45, 7) is 2.56. The van der Waals surface area contributed by atoms with Crippen molar-refractivity contribution >= 4 is 41.7 Å². The van der Waals surface area contributed by atoms with Crippen LogP contribution in [0.1, 0.15) is 37.8 Å². The van der Waals surface area contributed by atoms with Crippen LogP contribution in [0.5, 0.6) is 0 Å². The molecule has 0 aromatic heterocycles. The first-order valence-electron chi connectivity index (χ1n) is 9.15. The van der Waals surface area contributed by atoms with E-state index in [1.807, 2.05) is 30.8 Å². The highest BCUT2D eigenvalue weighted by Gasteiger charge is 2.26. The van der Waals surface area contributed by atoms with Crippen molar-refractivity contribution in [1.82, 2.24) is 15.5 Å². The predicted molar refractivity (Wildman–Crippen MR) is 122 cm³/mol.